The van der Waals surface area contributed by atoms with E-state index in [0.717, 1.165) is 5.56 Å². The summed E-state index contributed by atoms with van der Waals surface area (Å²) in [5.74, 6) is 0.173. The molecule has 1 saturated heterocycles. The first-order chi connectivity index (χ1) is 21.2. The quantitative estimate of drug-likeness (QED) is 0.217. The smallest absolute Gasteiger partial charge is 0.261 e. The molecule has 1 fully saturated rings. The maximum Gasteiger partial charge on any atom is 0.261 e. The highest BCUT2D eigenvalue weighted by Gasteiger charge is 2.53. The van der Waals surface area contributed by atoms with Gasteiger partial charge in [0.25, 0.3) is 8.32 Å². The van der Waals surface area contributed by atoms with Crippen molar-refractivity contribution in [2.24, 2.45) is 0 Å². The third-order valence-corrected chi connectivity index (χ3v) is 14.7. The van der Waals surface area contributed by atoms with Gasteiger partial charge in [-0.3, -0.25) is 4.57 Å². The molecule has 6 rings (SSSR count). The molecule has 5 aromatic rings. The molecule has 0 saturated carbocycles. The standard InChI is InChI=1S/C33H37FN6O2SSi/c1-33(2,3)44(23-15-9-5-10-16-23,24-17-11-6-12-18-24)42-20-25-28(41-19-22-13-7-4-8-14-22)26(34)31(43-25)40-21-37-27-29(35)38-32(36)39-30(27)40/h4-18,21,25-26,28,31H,19-20H2,1-3H3,(H4,35,36,38,39)/t25-,26+,28-,31?/m1/s1. The number of aromatic nitrogens is 4. The van der Waals surface area contributed by atoms with E-state index in [4.69, 9.17) is 20.6 Å². The lowest BCUT2D eigenvalue weighted by molar-refractivity contribution is -0.0168. The van der Waals surface area contributed by atoms with E-state index in [1.54, 1.807) is 10.9 Å². The van der Waals surface area contributed by atoms with Crippen LogP contribution < -0.4 is 21.8 Å². The molecule has 4 N–H and O–H groups in total. The lowest BCUT2D eigenvalue weighted by Crippen LogP contribution is -2.67. The van der Waals surface area contributed by atoms with Gasteiger partial charge in [0.2, 0.25) is 5.95 Å². The van der Waals surface area contributed by atoms with E-state index in [2.05, 4.69) is 84.3 Å². The van der Waals surface area contributed by atoms with Gasteiger partial charge in [-0.15, -0.1) is 11.8 Å². The van der Waals surface area contributed by atoms with Gasteiger partial charge in [0.05, 0.1) is 18.2 Å². The molecule has 3 heterocycles. The number of hydrogen-bond donors (Lipinski definition) is 2. The van der Waals surface area contributed by atoms with Crippen LogP contribution in [0.1, 0.15) is 31.7 Å². The number of anilines is 2. The highest BCUT2D eigenvalue weighted by atomic mass is 32.2. The van der Waals surface area contributed by atoms with Gasteiger partial charge in [0.15, 0.2) is 17.6 Å². The predicted octanol–water partition coefficient (Wildman–Crippen LogP) is 5.10. The van der Waals surface area contributed by atoms with Crippen molar-refractivity contribution in [3.05, 3.63) is 103 Å². The third-order valence-electron chi connectivity index (χ3n) is 8.17. The predicted molar refractivity (Wildman–Crippen MR) is 178 cm³/mol. The van der Waals surface area contributed by atoms with Gasteiger partial charge in [0, 0.05) is 6.61 Å². The van der Waals surface area contributed by atoms with Crippen molar-refractivity contribution >= 4 is 53.4 Å². The zero-order valence-electron chi connectivity index (χ0n) is 25.0. The van der Waals surface area contributed by atoms with E-state index in [0.29, 0.717) is 17.8 Å². The molecule has 11 heteroatoms. The van der Waals surface area contributed by atoms with E-state index in [-0.39, 0.29) is 28.7 Å². The second kappa shape index (κ2) is 12.3. The highest BCUT2D eigenvalue weighted by Crippen LogP contribution is 2.47. The molecule has 0 bridgehead atoms. The molecule has 1 aliphatic heterocycles. The molecule has 1 aliphatic rings. The van der Waals surface area contributed by atoms with Crippen LogP contribution in [0.3, 0.4) is 0 Å². The zero-order valence-corrected chi connectivity index (χ0v) is 26.8. The number of nitrogens with two attached hydrogens (primary N) is 2. The van der Waals surface area contributed by atoms with E-state index < -0.39 is 26.0 Å². The number of nitrogens with zero attached hydrogens (tertiary/aromatic N) is 4. The van der Waals surface area contributed by atoms with Crippen LogP contribution in [0.25, 0.3) is 11.2 Å². The van der Waals surface area contributed by atoms with E-state index in [1.165, 1.54) is 22.1 Å². The molecular weight excluding hydrogens is 592 g/mol. The minimum atomic E-state index is -2.87. The first kappa shape index (κ1) is 30.3. The van der Waals surface area contributed by atoms with Crippen molar-refractivity contribution < 1.29 is 13.6 Å². The number of benzene rings is 3. The summed E-state index contributed by atoms with van der Waals surface area (Å²) in [5.41, 5.74) is 13.7. The topological polar surface area (TPSA) is 114 Å². The molecule has 8 nitrogen and oxygen atoms in total. The van der Waals surface area contributed by atoms with Crippen LogP contribution in [0.5, 0.6) is 0 Å². The molecular formula is C33H37FN6O2SSi. The largest absolute Gasteiger partial charge is 0.406 e. The molecule has 3 aromatic carbocycles. The fourth-order valence-corrected chi connectivity index (χ4v) is 12.3. The Bertz CT molecular complexity index is 1660. The van der Waals surface area contributed by atoms with Gasteiger partial charge in [-0.05, 0) is 21.0 Å². The molecule has 0 aliphatic carbocycles. The average Bonchev–Trinajstić information content (AvgIpc) is 3.57. The van der Waals surface area contributed by atoms with Crippen LogP contribution in [0, 0.1) is 0 Å². The zero-order chi connectivity index (χ0) is 30.9. The molecule has 1 unspecified atom stereocenters. The first-order valence-electron chi connectivity index (χ1n) is 14.6. The van der Waals surface area contributed by atoms with Gasteiger partial charge in [0.1, 0.15) is 17.0 Å². The van der Waals surface area contributed by atoms with Crippen LogP contribution in [0.4, 0.5) is 16.2 Å². The van der Waals surface area contributed by atoms with Crippen molar-refractivity contribution in [3.8, 4) is 0 Å². The number of ether oxygens (including phenoxy) is 1. The van der Waals surface area contributed by atoms with E-state index in [9.17, 15) is 0 Å². The molecule has 0 amide bonds. The van der Waals surface area contributed by atoms with Gasteiger partial charge < -0.3 is 20.6 Å². The summed E-state index contributed by atoms with van der Waals surface area (Å²) in [5, 5.41) is 1.11. The minimum absolute atomic E-state index is 0.0126. The van der Waals surface area contributed by atoms with Crippen molar-refractivity contribution in [1.82, 2.24) is 19.5 Å². The molecule has 44 heavy (non-hydrogen) atoms. The lowest BCUT2D eigenvalue weighted by Gasteiger charge is -2.43. The van der Waals surface area contributed by atoms with Crippen molar-refractivity contribution in [2.75, 3.05) is 18.1 Å². The monoisotopic (exact) mass is 628 g/mol. The van der Waals surface area contributed by atoms with Gasteiger partial charge >= 0.3 is 0 Å². The van der Waals surface area contributed by atoms with Gasteiger partial charge in [-0.2, -0.15) is 9.97 Å². The van der Waals surface area contributed by atoms with Crippen LogP contribution >= 0.6 is 11.8 Å². The first-order valence-corrected chi connectivity index (χ1v) is 17.5. The summed E-state index contributed by atoms with van der Waals surface area (Å²) < 4.78 is 32.0. The van der Waals surface area contributed by atoms with E-state index >= 15 is 4.39 Å². The van der Waals surface area contributed by atoms with Gasteiger partial charge in [-0.25, -0.2) is 9.37 Å². The maximum atomic E-state index is 16.7. The summed E-state index contributed by atoms with van der Waals surface area (Å²) in [6, 6.07) is 30.7. The molecule has 0 spiro atoms. The Labute approximate surface area is 262 Å². The number of thioether (sulfide) groups is 1. The fourth-order valence-electron chi connectivity index (χ4n) is 6.13. The van der Waals surface area contributed by atoms with Crippen LogP contribution in [0.2, 0.25) is 5.04 Å². The Morgan fingerprint density at radius 1 is 0.886 bits per heavy atom. The normalized spacial score (nSPS) is 20.7. The molecule has 4 atom stereocenters. The summed E-state index contributed by atoms with van der Waals surface area (Å²) in [7, 11) is -2.87. The Balaban J connectivity index is 1.37. The summed E-state index contributed by atoms with van der Waals surface area (Å²) >= 11 is 1.47. The summed E-state index contributed by atoms with van der Waals surface area (Å²) in [4.78, 5) is 12.8. The molecule has 2 aromatic heterocycles. The Kier molecular flexibility index (Phi) is 8.47. The van der Waals surface area contributed by atoms with Crippen LogP contribution in [-0.2, 0) is 15.8 Å². The van der Waals surface area contributed by atoms with Crippen molar-refractivity contribution in [3.63, 3.8) is 0 Å². The van der Waals surface area contributed by atoms with Crippen molar-refractivity contribution in [1.29, 1.82) is 0 Å². The number of imidazole rings is 1. The average molecular weight is 629 g/mol. The fraction of sp³-hybridized carbons (Fsp3) is 0.303. The van der Waals surface area contributed by atoms with Gasteiger partial charge in [-0.1, -0.05) is 112 Å². The Morgan fingerprint density at radius 3 is 2.07 bits per heavy atom. The SMILES string of the molecule is CC(C)(C)[Si](OC[C@H]1SC(n2cnc3c(N)nc(N)nc32)[C@@H](F)[C@@H]1OCc1ccccc1)(c1ccccc1)c1ccccc1. The third kappa shape index (κ3) is 5.60. The maximum absolute atomic E-state index is 16.7. The number of rotatable bonds is 9. The van der Waals surface area contributed by atoms with Crippen LogP contribution in [-0.4, -0.2) is 52.0 Å². The number of hydrogen-bond acceptors (Lipinski definition) is 8. The summed E-state index contributed by atoms with van der Waals surface area (Å²) in [6.45, 7) is 7.27. The highest BCUT2D eigenvalue weighted by molar-refractivity contribution is 8.00. The number of nitrogen functional groups attached to an aromatic ring is 2. The second-order valence-electron chi connectivity index (χ2n) is 12.0. The lowest BCUT2D eigenvalue weighted by atomic mass is 10.1. The Morgan fingerprint density at radius 2 is 1.48 bits per heavy atom. The number of halogens is 1. The Hall–Kier alpha value is -3.77. The summed E-state index contributed by atoms with van der Waals surface area (Å²) in [6.07, 6.45) is -0.581. The number of fused-ring (bicyclic) bond motifs is 1. The minimum Gasteiger partial charge on any atom is -0.406 e. The molecule has 228 valence electrons. The second-order valence-corrected chi connectivity index (χ2v) is 17.7. The van der Waals surface area contributed by atoms with Crippen LogP contribution in [0.15, 0.2) is 97.3 Å². The number of alkyl halides is 1. The van der Waals surface area contributed by atoms with E-state index in [1.807, 2.05) is 42.5 Å². The van der Waals surface area contributed by atoms with Crippen molar-refractivity contribution in [2.45, 2.75) is 55.3 Å². The molecule has 0 radical (unpaired) electrons.